The maximum Gasteiger partial charge on any atom is 0.163 e. The Morgan fingerprint density at radius 2 is 0.729 bits per heavy atom. The zero-order valence-electron chi connectivity index (χ0n) is 26.6. The van der Waals surface area contributed by atoms with Gasteiger partial charge in [0.25, 0.3) is 0 Å². The molecule has 0 aliphatic carbocycles. The molecule has 4 aromatic carbocycles. The van der Waals surface area contributed by atoms with Crippen molar-refractivity contribution in [3.8, 4) is 23.0 Å². The van der Waals surface area contributed by atoms with Gasteiger partial charge in [-0.3, -0.25) is 19.2 Å². The average Bonchev–Trinajstić information content (AvgIpc) is 3.09. The van der Waals surface area contributed by atoms with E-state index in [-0.39, 0.29) is 47.5 Å². The lowest BCUT2D eigenvalue weighted by Gasteiger charge is -2.03. The van der Waals surface area contributed by atoms with Gasteiger partial charge in [0, 0.05) is 22.3 Å². The fraction of sp³-hybridized carbons (Fsp3) is 0.100. The minimum Gasteiger partial charge on any atom is -0.507 e. The molecular weight excluding hydrogens is 608 g/mol. The molecule has 0 atom stereocenters. The number of methoxy groups -OCH3 is 2. The van der Waals surface area contributed by atoms with Gasteiger partial charge in [-0.1, -0.05) is 72.8 Å². The number of para-hydroxylation sites is 4. The highest BCUT2D eigenvalue weighted by Crippen LogP contribution is 2.21. The zero-order chi connectivity index (χ0) is 34.7. The molecule has 8 heteroatoms. The van der Waals surface area contributed by atoms with Crippen LogP contribution < -0.4 is 9.47 Å². The lowest BCUT2D eigenvalue weighted by molar-refractivity contribution is -0.123. The van der Waals surface area contributed by atoms with Crippen LogP contribution in [0.15, 0.2) is 121 Å². The predicted octanol–water partition coefficient (Wildman–Crippen LogP) is 7.31. The molecule has 4 aromatic rings. The summed E-state index contributed by atoms with van der Waals surface area (Å²) in [6, 6.07) is 27.9. The molecule has 48 heavy (non-hydrogen) atoms. The Morgan fingerprint density at radius 3 is 1.04 bits per heavy atom. The maximum atomic E-state index is 12.0. The fourth-order valence-corrected chi connectivity index (χ4v) is 4.18. The third kappa shape index (κ3) is 12.3. The monoisotopic (exact) mass is 644 g/mol. The molecule has 0 fully saturated rings. The SMILES string of the molecule is COc1ccccc1/C=C/C(=O)CC(=O)/C=C/c1ccccc1OC.O=C(/C=C/c1ccccc1O)CC(=O)/C=C/c1ccccc1O. The number of phenols is 2. The van der Waals surface area contributed by atoms with Gasteiger partial charge in [0.15, 0.2) is 23.1 Å². The highest BCUT2D eigenvalue weighted by atomic mass is 16.5. The first kappa shape index (κ1) is 36.2. The molecule has 8 nitrogen and oxygen atoms in total. The second-order valence-corrected chi connectivity index (χ2v) is 10.2. The molecule has 0 saturated carbocycles. The van der Waals surface area contributed by atoms with Crippen molar-refractivity contribution in [1.82, 2.24) is 0 Å². The third-order valence-electron chi connectivity index (χ3n) is 6.64. The summed E-state index contributed by atoms with van der Waals surface area (Å²) in [5.41, 5.74) is 2.60. The highest BCUT2D eigenvalue weighted by molar-refractivity contribution is 6.11. The second-order valence-electron chi connectivity index (χ2n) is 10.2. The Labute approximate surface area is 279 Å². The number of rotatable bonds is 14. The van der Waals surface area contributed by atoms with Gasteiger partial charge in [-0.2, -0.15) is 0 Å². The Morgan fingerprint density at radius 1 is 0.458 bits per heavy atom. The molecule has 0 saturated heterocycles. The molecule has 0 aromatic heterocycles. The van der Waals surface area contributed by atoms with Gasteiger partial charge in [-0.25, -0.2) is 0 Å². The summed E-state index contributed by atoms with van der Waals surface area (Å²) in [6.07, 6.45) is 11.1. The van der Waals surface area contributed by atoms with E-state index in [9.17, 15) is 29.4 Å². The molecule has 0 bridgehead atoms. The Kier molecular flexibility index (Phi) is 14.5. The van der Waals surface area contributed by atoms with E-state index in [0.717, 1.165) is 11.1 Å². The summed E-state index contributed by atoms with van der Waals surface area (Å²) < 4.78 is 10.4. The molecule has 0 unspecified atom stereocenters. The minimum atomic E-state index is -0.361. The van der Waals surface area contributed by atoms with Crippen LogP contribution in [0.5, 0.6) is 23.0 Å². The van der Waals surface area contributed by atoms with Gasteiger partial charge >= 0.3 is 0 Å². The van der Waals surface area contributed by atoms with Crippen LogP contribution in [-0.4, -0.2) is 47.6 Å². The summed E-state index contributed by atoms with van der Waals surface area (Å²) in [7, 11) is 3.14. The lowest BCUT2D eigenvalue weighted by atomic mass is 10.1. The quantitative estimate of drug-likeness (QED) is 0.108. The first-order chi connectivity index (χ1) is 23.2. The Balaban J connectivity index is 0.000000261. The van der Waals surface area contributed by atoms with Crippen molar-refractivity contribution >= 4 is 47.4 Å². The van der Waals surface area contributed by atoms with Crippen molar-refractivity contribution in [2.24, 2.45) is 0 Å². The minimum absolute atomic E-state index is 0.0716. The van der Waals surface area contributed by atoms with E-state index in [1.54, 1.807) is 62.8 Å². The van der Waals surface area contributed by atoms with Crippen LogP contribution in [0, 0.1) is 0 Å². The van der Waals surface area contributed by atoms with Crippen molar-refractivity contribution in [3.63, 3.8) is 0 Å². The van der Waals surface area contributed by atoms with E-state index in [1.165, 1.54) is 48.6 Å². The molecule has 2 N–H and O–H groups in total. The van der Waals surface area contributed by atoms with Gasteiger partial charge in [-0.05, 0) is 72.9 Å². The van der Waals surface area contributed by atoms with Gasteiger partial charge in [0.05, 0.1) is 27.1 Å². The second kappa shape index (κ2) is 19.3. The summed E-state index contributed by atoms with van der Waals surface area (Å²) in [5, 5.41) is 19.2. The number of allylic oxidation sites excluding steroid dienone is 4. The summed E-state index contributed by atoms with van der Waals surface area (Å²) in [5.74, 6) is 0.245. The topological polar surface area (TPSA) is 127 Å². The van der Waals surface area contributed by atoms with Crippen molar-refractivity contribution < 1.29 is 38.9 Å². The normalized spacial score (nSPS) is 11.0. The molecule has 4 rings (SSSR count). The van der Waals surface area contributed by atoms with Crippen molar-refractivity contribution in [1.29, 1.82) is 0 Å². The van der Waals surface area contributed by atoms with Crippen LogP contribution in [0.3, 0.4) is 0 Å². The Hall–Kier alpha value is -6.28. The summed E-state index contributed by atoms with van der Waals surface area (Å²) in [6.45, 7) is 0. The molecule has 0 aliphatic rings. The van der Waals surface area contributed by atoms with Crippen molar-refractivity contribution in [2.45, 2.75) is 12.8 Å². The van der Waals surface area contributed by atoms with Gasteiger partial charge in [0.1, 0.15) is 23.0 Å². The largest absolute Gasteiger partial charge is 0.507 e. The van der Waals surface area contributed by atoms with Crippen LogP contribution in [0.2, 0.25) is 0 Å². The van der Waals surface area contributed by atoms with Crippen LogP contribution in [-0.2, 0) is 19.2 Å². The number of benzene rings is 4. The number of phenolic OH excluding ortho intramolecular Hbond substituents is 2. The fourth-order valence-electron chi connectivity index (χ4n) is 4.18. The van der Waals surface area contributed by atoms with Crippen LogP contribution >= 0.6 is 0 Å². The molecule has 244 valence electrons. The number of hydrogen-bond donors (Lipinski definition) is 2. The number of aromatic hydroxyl groups is 2. The first-order valence-corrected chi connectivity index (χ1v) is 14.9. The number of ether oxygens (including phenoxy) is 2. The number of hydrogen-bond acceptors (Lipinski definition) is 8. The number of ketones is 4. The van der Waals surface area contributed by atoms with Gasteiger partial charge in [0.2, 0.25) is 0 Å². The predicted molar refractivity (Wildman–Crippen MR) is 188 cm³/mol. The van der Waals surface area contributed by atoms with Crippen LogP contribution in [0.1, 0.15) is 35.1 Å². The molecule has 0 radical (unpaired) electrons. The molecule has 0 amide bonds. The Bertz CT molecular complexity index is 1710. The van der Waals surface area contributed by atoms with Crippen LogP contribution in [0.4, 0.5) is 0 Å². The smallest absolute Gasteiger partial charge is 0.163 e. The van der Waals surface area contributed by atoms with Crippen molar-refractivity contribution in [2.75, 3.05) is 14.2 Å². The standard InChI is InChI=1S/C21H20O4.C19H16O4/c1-24-20-9-5-3-7-16(20)11-13-18(22)15-19(23)14-12-17-8-4-6-10-21(17)25-2;20-16(11-9-14-5-1-3-7-18(14)22)13-17(21)12-10-15-6-2-4-8-19(15)23/h3-14H,15H2,1-2H3;1-12,22-23H,13H2/b13-11+,14-12+;11-9+,12-10+. The van der Waals surface area contributed by atoms with Crippen molar-refractivity contribution in [3.05, 3.63) is 144 Å². The molecular formula is C40H36O8. The number of carbonyl (C=O) groups is 4. The highest BCUT2D eigenvalue weighted by Gasteiger charge is 2.07. The average molecular weight is 645 g/mol. The first-order valence-electron chi connectivity index (χ1n) is 14.9. The lowest BCUT2D eigenvalue weighted by Crippen LogP contribution is -2.02. The molecule has 0 heterocycles. The molecule has 0 spiro atoms. The van der Waals surface area contributed by atoms with Crippen LogP contribution in [0.25, 0.3) is 24.3 Å². The summed E-state index contributed by atoms with van der Waals surface area (Å²) >= 11 is 0. The van der Waals surface area contributed by atoms with E-state index < -0.39 is 0 Å². The van der Waals surface area contributed by atoms with Gasteiger partial charge < -0.3 is 19.7 Å². The van der Waals surface area contributed by atoms with E-state index >= 15 is 0 Å². The number of carbonyl (C=O) groups excluding carboxylic acids is 4. The maximum absolute atomic E-state index is 12.0. The van der Waals surface area contributed by atoms with E-state index in [1.807, 2.05) is 48.5 Å². The third-order valence-corrected chi connectivity index (χ3v) is 6.64. The van der Waals surface area contributed by atoms with Gasteiger partial charge in [-0.15, -0.1) is 0 Å². The van der Waals surface area contributed by atoms with E-state index in [2.05, 4.69) is 0 Å². The van der Waals surface area contributed by atoms with E-state index in [0.29, 0.717) is 22.6 Å². The zero-order valence-corrected chi connectivity index (χ0v) is 26.6. The van der Waals surface area contributed by atoms with E-state index in [4.69, 9.17) is 9.47 Å². The summed E-state index contributed by atoms with van der Waals surface area (Å²) in [4.78, 5) is 47.4. The molecule has 0 aliphatic heterocycles.